The zero-order valence-electron chi connectivity index (χ0n) is 11.9. The average Bonchev–Trinajstić information content (AvgIpc) is 2.82. The van der Waals surface area contributed by atoms with Crippen LogP contribution < -0.4 is 5.01 Å². The van der Waals surface area contributed by atoms with Crippen molar-refractivity contribution in [1.29, 1.82) is 0 Å². The molecular formula is C16H14N4O2. The molecule has 1 N–H and O–H groups in total. The zero-order valence-corrected chi connectivity index (χ0v) is 11.9. The quantitative estimate of drug-likeness (QED) is 0.882. The van der Waals surface area contributed by atoms with Crippen molar-refractivity contribution < 1.29 is 9.90 Å². The van der Waals surface area contributed by atoms with E-state index in [4.69, 9.17) is 0 Å². The maximum absolute atomic E-state index is 12.4. The normalized spacial score (nSPS) is 18.0. The van der Waals surface area contributed by atoms with E-state index in [9.17, 15) is 9.90 Å². The van der Waals surface area contributed by atoms with Crippen LogP contribution in [0.25, 0.3) is 0 Å². The Bertz CT molecular complexity index is 756. The van der Waals surface area contributed by atoms with E-state index >= 15 is 0 Å². The maximum Gasteiger partial charge on any atom is 0.280 e. The van der Waals surface area contributed by atoms with E-state index in [1.54, 1.807) is 37.3 Å². The molecule has 110 valence electrons. The first-order valence-corrected chi connectivity index (χ1v) is 6.80. The lowest BCUT2D eigenvalue weighted by atomic mass is 10.2. The van der Waals surface area contributed by atoms with E-state index < -0.39 is 6.04 Å². The predicted octanol–water partition coefficient (Wildman–Crippen LogP) is 3.27. The largest absolute Gasteiger partial charge is 0.506 e. The molecular weight excluding hydrogens is 280 g/mol. The van der Waals surface area contributed by atoms with Gasteiger partial charge in [0.15, 0.2) is 6.04 Å². The third-order valence-electron chi connectivity index (χ3n) is 3.26. The van der Waals surface area contributed by atoms with Crippen molar-refractivity contribution in [2.45, 2.75) is 13.0 Å². The summed E-state index contributed by atoms with van der Waals surface area (Å²) < 4.78 is 0. The molecule has 1 aliphatic rings. The number of phenolic OH excluding ortho intramolecular Hbond substituents is 1. The standard InChI is InChI=1S/C16H14N4O2/c1-11-15(18-17-13-9-5-6-10-14(13)21)16(22)20(19-11)12-7-3-2-4-8-12/h2-10,15,21H,1H3. The summed E-state index contributed by atoms with van der Waals surface area (Å²) in [5, 5.41) is 23.2. The molecule has 2 aromatic carbocycles. The summed E-state index contributed by atoms with van der Waals surface area (Å²) in [6.45, 7) is 1.73. The van der Waals surface area contributed by atoms with Gasteiger partial charge in [0.1, 0.15) is 11.4 Å². The van der Waals surface area contributed by atoms with Crippen molar-refractivity contribution in [3.8, 4) is 5.75 Å². The number of hydrogen-bond acceptors (Lipinski definition) is 5. The molecule has 0 bridgehead atoms. The number of carbonyl (C=O) groups excluding carboxylic acids is 1. The maximum atomic E-state index is 12.4. The van der Waals surface area contributed by atoms with Crippen molar-refractivity contribution in [3.05, 3.63) is 54.6 Å². The third-order valence-corrected chi connectivity index (χ3v) is 3.26. The Labute approximate surface area is 127 Å². The summed E-state index contributed by atoms with van der Waals surface area (Å²) in [7, 11) is 0. The van der Waals surface area contributed by atoms with Gasteiger partial charge < -0.3 is 5.11 Å². The lowest BCUT2D eigenvalue weighted by Crippen LogP contribution is -2.29. The van der Waals surface area contributed by atoms with E-state index in [1.165, 1.54) is 11.1 Å². The number of rotatable bonds is 3. The van der Waals surface area contributed by atoms with E-state index in [2.05, 4.69) is 15.3 Å². The monoisotopic (exact) mass is 294 g/mol. The first-order valence-electron chi connectivity index (χ1n) is 6.80. The highest BCUT2D eigenvalue weighted by Crippen LogP contribution is 2.27. The molecule has 22 heavy (non-hydrogen) atoms. The van der Waals surface area contributed by atoms with Crippen LogP contribution in [0.5, 0.6) is 5.75 Å². The molecule has 0 radical (unpaired) electrons. The van der Waals surface area contributed by atoms with Crippen LogP contribution in [0, 0.1) is 0 Å². The minimum Gasteiger partial charge on any atom is -0.506 e. The number of hydrogen-bond donors (Lipinski definition) is 1. The number of para-hydroxylation sites is 2. The summed E-state index contributed by atoms with van der Waals surface area (Å²) in [5.41, 5.74) is 1.57. The summed E-state index contributed by atoms with van der Waals surface area (Å²) in [6, 6.07) is 15.0. The number of azo groups is 1. The first-order chi connectivity index (χ1) is 10.7. The van der Waals surface area contributed by atoms with Crippen molar-refractivity contribution in [1.82, 2.24) is 0 Å². The Morgan fingerprint density at radius 1 is 1.09 bits per heavy atom. The summed E-state index contributed by atoms with van der Waals surface area (Å²) in [4.78, 5) is 12.4. The third kappa shape index (κ3) is 2.58. The second-order valence-electron chi connectivity index (χ2n) is 4.83. The minimum absolute atomic E-state index is 0.0196. The van der Waals surface area contributed by atoms with Crippen molar-refractivity contribution in [3.63, 3.8) is 0 Å². The van der Waals surface area contributed by atoms with Crippen LogP contribution in [-0.2, 0) is 4.79 Å². The average molecular weight is 294 g/mol. The molecule has 3 rings (SSSR count). The highest BCUT2D eigenvalue weighted by Gasteiger charge is 2.34. The molecule has 0 aromatic heterocycles. The van der Waals surface area contributed by atoms with Crippen LogP contribution in [0.3, 0.4) is 0 Å². The van der Waals surface area contributed by atoms with Gasteiger partial charge >= 0.3 is 0 Å². The molecule has 0 fully saturated rings. The number of aromatic hydroxyl groups is 1. The summed E-state index contributed by atoms with van der Waals surface area (Å²) in [6.07, 6.45) is 0. The number of anilines is 1. The Hall–Kier alpha value is -3.02. The number of benzene rings is 2. The first kappa shape index (κ1) is 13.9. The molecule has 0 saturated heterocycles. The van der Waals surface area contributed by atoms with Crippen LogP contribution in [0.4, 0.5) is 11.4 Å². The minimum atomic E-state index is -0.764. The van der Waals surface area contributed by atoms with Crippen molar-refractivity contribution in [2.75, 3.05) is 5.01 Å². The number of nitrogens with zero attached hydrogens (tertiary/aromatic N) is 4. The molecule has 0 aliphatic carbocycles. The SMILES string of the molecule is CC1=NN(c2ccccc2)C(=O)C1N=Nc1ccccc1O. The second kappa shape index (κ2) is 5.77. The van der Waals surface area contributed by atoms with Gasteiger partial charge in [-0.1, -0.05) is 30.3 Å². The van der Waals surface area contributed by atoms with E-state index in [0.717, 1.165) is 0 Å². The fourth-order valence-corrected chi connectivity index (χ4v) is 2.11. The highest BCUT2D eigenvalue weighted by atomic mass is 16.3. The number of phenols is 1. The number of hydrazone groups is 1. The molecule has 0 spiro atoms. The predicted molar refractivity (Wildman–Crippen MR) is 83.4 cm³/mol. The summed E-state index contributed by atoms with van der Waals surface area (Å²) in [5.74, 6) is -0.242. The van der Waals surface area contributed by atoms with Gasteiger partial charge in [0.05, 0.1) is 11.4 Å². The van der Waals surface area contributed by atoms with Gasteiger partial charge in [0.2, 0.25) is 0 Å². The number of carbonyl (C=O) groups is 1. The van der Waals surface area contributed by atoms with E-state index in [0.29, 0.717) is 17.1 Å². The van der Waals surface area contributed by atoms with Crippen LogP contribution in [-0.4, -0.2) is 22.8 Å². The molecule has 1 unspecified atom stereocenters. The Morgan fingerprint density at radius 2 is 1.77 bits per heavy atom. The fourth-order valence-electron chi connectivity index (χ4n) is 2.11. The van der Waals surface area contributed by atoms with E-state index in [1.807, 2.05) is 18.2 Å². The smallest absolute Gasteiger partial charge is 0.280 e. The highest BCUT2D eigenvalue weighted by molar-refractivity contribution is 6.18. The van der Waals surface area contributed by atoms with Gasteiger partial charge in [-0.3, -0.25) is 4.79 Å². The fraction of sp³-hybridized carbons (Fsp3) is 0.125. The lowest BCUT2D eigenvalue weighted by molar-refractivity contribution is -0.117. The molecule has 1 amide bonds. The molecule has 1 heterocycles. The molecule has 0 saturated carbocycles. The van der Waals surface area contributed by atoms with Gasteiger partial charge in [-0.2, -0.15) is 20.3 Å². The molecule has 6 heteroatoms. The van der Waals surface area contributed by atoms with E-state index in [-0.39, 0.29) is 11.7 Å². The Balaban J connectivity index is 1.83. The van der Waals surface area contributed by atoms with Gasteiger partial charge in [0, 0.05) is 0 Å². The van der Waals surface area contributed by atoms with Gasteiger partial charge in [0.25, 0.3) is 5.91 Å². The van der Waals surface area contributed by atoms with Gasteiger partial charge in [-0.15, -0.1) is 0 Å². The lowest BCUT2D eigenvalue weighted by Gasteiger charge is -2.11. The van der Waals surface area contributed by atoms with Crippen LogP contribution in [0.1, 0.15) is 6.92 Å². The molecule has 1 atom stereocenters. The van der Waals surface area contributed by atoms with Gasteiger partial charge in [-0.25, -0.2) is 0 Å². The second-order valence-corrected chi connectivity index (χ2v) is 4.83. The molecule has 2 aromatic rings. The zero-order chi connectivity index (χ0) is 15.5. The van der Waals surface area contributed by atoms with Crippen LogP contribution in [0.2, 0.25) is 0 Å². The molecule has 6 nitrogen and oxygen atoms in total. The number of amides is 1. The van der Waals surface area contributed by atoms with Gasteiger partial charge in [-0.05, 0) is 31.2 Å². The Kier molecular flexibility index (Phi) is 3.65. The van der Waals surface area contributed by atoms with Crippen LogP contribution >= 0.6 is 0 Å². The topological polar surface area (TPSA) is 77.6 Å². The van der Waals surface area contributed by atoms with Crippen molar-refractivity contribution in [2.24, 2.45) is 15.3 Å². The van der Waals surface area contributed by atoms with Crippen LogP contribution in [0.15, 0.2) is 69.9 Å². The summed E-state index contributed by atoms with van der Waals surface area (Å²) >= 11 is 0. The van der Waals surface area contributed by atoms with Crippen molar-refractivity contribution >= 4 is 23.0 Å². The molecule has 1 aliphatic heterocycles. The Morgan fingerprint density at radius 3 is 2.50 bits per heavy atom.